The number of aliphatic imine (C=N–C) groups is 1. The Bertz CT molecular complexity index is 677. The van der Waals surface area contributed by atoms with Gasteiger partial charge >= 0.3 is 0 Å². The van der Waals surface area contributed by atoms with Crippen LogP contribution in [0, 0.1) is 5.41 Å². The van der Waals surface area contributed by atoms with Gasteiger partial charge in [-0.1, -0.05) is 0 Å². The van der Waals surface area contributed by atoms with E-state index in [1.807, 2.05) is 0 Å². The molecule has 3 rings (SSSR count). The lowest BCUT2D eigenvalue weighted by Gasteiger charge is -2.14. The minimum atomic E-state index is -0.0157. The van der Waals surface area contributed by atoms with E-state index in [0.717, 1.165) is 5.39 Å². The lowest BCUT2D eigenvalue weighted by molar-refractivity contribution is 0.375. The number of pyridine rings is 1. The molecule has 1 aromatic heterocycles. The Balaban J connectivity index is 2.52. The first kappa shape index (κ1) is 9.77. The monoisotopic (exact) mass is 227 g/mol. The van der Waals surface area contributed by atoms with Crippen molar-refractivity contribution in [3.8, 4) is 11.5 Å². The Morgan fingerprint density at radius 3 is 3.00 bits per heavy atom. The van der Waals surface area contributed by atoms with E-state index in [0.29, 0.717) is 22.5 Å². The van der Waals surface area contributed by atoms with Gasteiger partial charge in [-0.2, -0.15) is 0 Å². The molecule has 0 unspecified atom stereocenters. The number of nitrogens with one attached hydrogen (secondary N) is 1. The number of phenolic OH excluding ortho intramolecular Hbond substituents is 1. The average molecular weight is 227 g/mol. The summed E-state index contributed by atoms with van der Waals surface area (Å²) in [6.07, 6.45) is 3.01. The van der Waals surface area contributed by atoms with Crippen molar-refractivity contribution >= 4 is 28.4 Å². The molecule has 5 heteroatoms. The van der Waals surface area contributed by atoms with Gasteiger partial charge in [0, 0.05) is 11.6 Å². The second kappa shape index (κ2) is 3.28. The zero-order valence-electron chi connectivity index (χ0n) is 9.06. The van der Waals surface area contributed by atoms with Crippen molar-refractivity contribution in [3.63, 3.8) is 0 Å². The first-order chi connectivity index (χ1) is 8.22. The van der Waals surface area contributed by atoms with Crippen molar-refractivity contribution in [2.24, 2.45) is 4.99 Å². The second-order valence-electron chi connectivity index (χ2n) is 3.71. The highest BCUT2D eigenvalue weighted by molar-refractivity contribution is 6.41. The van der Waals surface area contributed by atoms with Crippen LogP contribution in [0.2, 0.25) is 0 Å². The Hall–Kier alpha value is -2.43. The molecule has 84 valence electrons. The topological polar surface area (TPSA) is 78.6 Å². The van der Waals surface area contributed by atoms with Crippen molar-refractivity contribution < 1.29 is 9.84 Å². The van der Waals surface area contributed by atoms with Crippen LogP contribution in [0.3, 0.4) is 0 Å². The highest BCUT2D eigenvalue weighted by Crippen LogP contribution is 2.44. The number of aromatic hydroxyl groups is 1. The molecular weight excluding hydrogens is 218 g/mol. The maximum atomic E-state index is 9.99. The number of nitrogens with zero attached hydrogens (tertiary/aromatic N) is 2. The molecule has 0 atom stereocenters. The predicted molar refractivity (Wildman–Crippen MR) is 64.9 cm³/mol. The van der Waals surface area contributed by atoms with Gasteiger partial charge in [-0.05, 0) is 17.5 Å². The Morgan fingerprint density at radius 2 is 2.24 bits per heavy atom. The number of phenols is 1. The number of ether oxygens (including phenoxy) is 1. The summed E-state index contributed by atoms with van der Waals surface area (Å²) in [6.45, 7) is 0. The summed E-state index contributed by atoms with van der Waals surface area (Å²) in [5.41, 5.74) is 1.19. The zero-order chi connectivity index (χ0) is 12.0. The standard InChI is InChI=1S/C12H9N3O2/c1-17-8-4-6-2-3-14-10-7(13)5-15-11(9(6)10)12(8)16/h2-5,13,16H,1H3. The molecule has 2 aromatic rings. The van der Waals surface area contributed by atoms with E-state index in [1.165, 1.54) is 13.3 Å². The fourth-order valence-electron chi connectivity index (χ4n) is 1.97. The summed E-state index contributed by atoms with van der Waals surface area (Å²) in [5, 5.41) is 19.3. The molecule has 0 spiro atoms. The number of methoxy groups -OCH3 is 1. The molecule has 0 fully saturated rings. The number of hydrogen-bond donors (Lipinski definition) is 2. The lowest BCUT2D eigenvalue weighted by Crippen LogP contribution is -2.07. The molecule has 0 bridgehead atoms. The third-order valence-corrected chi connectivity index (χ3v) is 2.76. The maximum absolute atomic E-state index is 9.99. The molecule has 2 N–H and O–H groups in total. The summed E-state index contributed by atoms with van der Waals surface area (Å²) in [4.78, 5) is 8.23. The van der Waals surface area contributed by atoms with Crippen LogP contribution in [-0.4, -0.2) is 29.1 Å². The first-order valence-electron chi connectivity index (χ1n) is 5.04. The van der Waals surface area contributed by atoms with Crippen LogP contribution in [0.5, 0.6) is 11.5 Å². The van der Waals surface area contributed by atoms with Crippen molar-refractivity contribution in [1.29, 1.82) is 5.41 Å². The van der Waals surface area contributed by atoms with Crippen LogP contribution in [0.25, 0.3) is 10.8 Å². The van der Waals surface area contributed by atoms with Gasteiger partial charge in [-0.25, -0.2) is 4.99 Å². The number of rotatable bonds is 1. The Labute approximate surface area is 96.9 Å². The molecule has 17 heavy (non-hydrogen) atoms. The van der Waals surface area contributed by atoms with Gasteiger partial charge in [0.25, 0.3) is 0 Å². The summed E-state index contributed by atoms with van der Waals surface area (Å²) in [6, 6.07) is 3.52. The van der Waals surface area contributed by atoms with Gasteiger partial charge in [0.15, 0.2) is 11.5 Å². The van der Waals surface area contributed by atoms with Crippen molar-refractivity contribution in [2.45, 2.75) is 0 Å². The fraction of sp³-hybridized carbons (Fsp3) is 0.0833. The third kappa shape index (κ3) is 1.22. The lowest BCUT2D eigenvalue weighted by atomic mass is 10.0. The van der Waals surface area contributed by atoms with E-state index in [1.54, 1.807) is 18.3 Å². The van der Waals surface area contributed by atoms with E-state index in [-0.39, 0.29) is 11.5 Å². The quantitative estimate of drug-likeness (QED) is 0.782. The summed E-state index contributed by atoms with van der Waals surface area (Å²) < 4.78 is 5.09. The molecule has 1 aliphatic heterocycles. The van der Waals surface area contributed by atoms with Crippen LogP contribution in [0.15, 0.2) is 23.3 Å². The van der Waals surface area contributed by atoms with Crippen LogP contribution >= 0.6 is 0 Å². The maximum Gasteiger partial charge on any atom is 0.184 e. The van der Waals surface area contributed by atoms with Crippen molar-refractivity contribution in [1.82, 2.24) is 4.98 Å². The third-order valence-electron chi connectivity index (χ3n) is 2.76. The minimum absolute atomic E-state index is 0.0157. The van der Waals surface area contributed by atoms with E-state index < -0.39 is 0 Å². The molecule has 0 radical (unpaired) electrons. The highest BCUT2D eigenvalue weighted by atomic mass is 16.5. The van der Waals surface area contributed by atoms with Gasteiger partial charge in [-0.3, -0.25) is 10.4 Å². The SMILES string of the molecule is COc1cc2ccnc3c2c(c1O)N=CC3=N. The number of hydrogen-bond acceptors (Lipinski definition) is 5. The Kier molecular flexibility index (Phi) is 1.89. The molecule has 0 amide bonds. The average Bonchev–Trinajstić information content (AvgIpc) is 2.36. The van der Waals surface area contributed by atoms with Crippen LogP contribution in [0.4, 0.5) is 5.69 Å². The van der Waals surface area contributed by atoms with Crippen molar-refractivity contribution in [2.75, 3.05) is 7.11 Å². The largest absolute Gasteiger partial charge is 0.503 e. The van der Waals surface area contributed by atoms with Gasteiger partial charge in [0.1, 0.15) is 5.69 Å². The summed E-state index contributed by atoms with van der Waals surface area (Å²) >= 11 is 0. The van der Waals surface area contributed by atoms with E-state index in [4.69, 9.17) is 10.1 Å². The molecule has 1 aromatic carbocycles. The summed E-state index contributed by atoms with van der Waals surface area (Å²) in [5.74, 6) is 0.355. The highest BCUT2D eigenvalue weighted by Gasteiger charge is 2.20. The molecule has 0 saturated heterocycles. The fourth-order valence-corrected chi connectivity index (χ4v) is 1.97. The smallest absolute Gasteiger partial charge is 0.184 e. The molecular formula is C12H9N3O2. The molecule has 5 nitrogen and oxygen atoms in total. The van der Waals surface area contributed by atoms with E-state index in [2.05, 4.69) is 9.98 Å². The number of benzene rings is 1. The van der Waals surface area contributed by atoms with Gasteiger partial charge < -0.3 is 9.84 Å². The summed E-state index contributed by atoms with van der Waals surface area (Å²) in [7, 11) is 1.49. The van der Waals surface area contributed by atoms with E-state index >= 15 is 0 Å². The Morgan fingerprint density at radius 1 is 1.41 bits per heavy atom. The van der Waals surface area contributed by atoms with E-state index in [9.17, 15) is 5.11 Å². The molecule has 0 aliphatic carbocycles. The number of aromatic nitrogens is 1. The molecule has 1 aliphatic rings. The van der Waals surface area contributed by atoms with Gasteiger partial charge in [0.05, 0.1) is 24.7 Å². The van der Waals surface area contributed by atoms with Gasteiger partial charge in [0.2, 0.25) is 0 Å². The molecule has 0 saturated carbocycles. The van der Waals surface area contributed by atoms with Crippen molar-refractivity contribution in [3.05, 3.63) is 24.0 Å². The zero-order valence-corrected chi connectivity index (χ0v) is 9.06. The second-order valence-corrected chi connectivity index (χ2v) is 3.71. The van der Waals surface area contributed by atoms with Crippen LogP contribution < -0.4 is 4.74 Å². The first-order valence-corrected chi connectivity index (χ1v) is 5.04. The van der Waals surface area contributed by atoms with Crippen LogP contribution in [0.1, 0.15) is 5.69 Å². The van der Waals surface area contributed by atoms with Gasteiger partial charge in [-0.15, -0.1) is 0 Å². The molecule has 2 heterocycles. The normalized spacial score (nSPS) is 13.1. The van der Waals surface area contributed by atoms with Crippen LogP contribution in [-0.2, 0) is 0 Å². The minimum Gasteiger partial charge on any atom is -0.503 e. The predicted octanol–water partition coefficient (Wildman–Crippen LogP) is 2.03.